The van der Waals surface area contributed by atoms with E-state index in [1.807, 2.05) is 54.6 Å². The minimum atomic E-state index is -0.339. The number of aromatic nitrogens is 1. The summed E-state index contributed by atoms with van der Waals surface area (Å²) in [4.78, 5) is 15.6. The van der Waals surface area contributed by atoms with Crippen LogP contribution < -0.4 is 4.74 Å². The van der Waals surface area contributed by atoms with E-state index in [1.54, 1.807) is 6.07 Å². The monoisotopic (exact) mass is 367 g/mol. The summed E-state index contributed by atoms with van der Waals surface area (Å²) >= 11 is 3.41. The molecule has 3 rings (SSSR count). The second-order valence-electron chi connectivity index (χ2n) is 5.05. The van der Waals surface area contributed by atoms with Crippen molar-refractivity contribution in [3.63, 3.8) is 0 Å². The molecule has 23 heavy (non-hydrogen) atoms. The number of pyridine rings is 1. The first-order valence-electron chi connectivity index (χ1n) is 7.14. The molecular formula is C19H14BrNO2. The number of esters is 1. The molecule has 4 heteroatoms. The van der Waals surface area contributed by atoms with E-state index in [9.17, 15) is 4.79 Å². The zero-order valence-corrected chi connectivity index (χ0v) is 14.1. The molecule has 1 heterocycles. The molecule has 0 radical (unpaired) electrons. The molecule has 0 aliphatic heterocycles. The average molecular weight is 368 g/mol. The van der Waals surface area contributed by atoms with E-state index in [-0.39, 0.29) is 5.97 Å². The van der Waals surface area contributed by atoms with E-state index < -0.39 is 0 Å². The van der Waals surface area contributed by atoms with Crippen LogP contribution in [0.2, 0.25) is 0 Å². The van der Waals surface area contributed by atoms with Gasteiger partial charge in [0.05, 0.1) is 15.7 Å². The van der Waals surface area contributed by atoms with Crippen molar-refractivity contribution in [2.75, 3.05) is 0 Å². The summed E-state index contributed by atoms with van der Waals surface area (Å²) in [7, 11) is 0. The first kappa shape index (κ1) is 15.4. The SMILES string of the molecule is CC(=O)Oc1ccc(/C=C/c2ccc3ccccc3n2)cc1Br. The van der Waals surface area contributed by atoms with Gasteiger partial charge in [-0.2, -0.15) is 0 Å². The van der Waals surface area contributed by atoms with E-state index in [1.165, 1.54) is 6.92 Å². The molecule has 0 aliphatic rings. The number of hydrogen-bond acceptors (Lipinski definition) is 3. The Morgan fingerprint density at radius 3 is 2.70 bits per heavy atom. The highest BCUT2D eigenvalue weighted by Crippen LogP contribution is 2.27. The molecule has 0 aliphatic carbocycles. The van der Waals surface area contributed by atoms with Crippen LogP contribution in [0.4, 0.5) is 0 Å². The molecule has 0 saturated carbocycles. The molecule has 0 saturated heterocycles. The quantitative estimate of drug-likeness (QED) is 0.477. The van der Waals surface area contributed by atoms with Gasteiger partial charge in [-0.05, 0) is 51.8 Å². The lowest BCUT2D eigenvalue weighted by molar-refractivity contribution is -0.131. The highest BCUT2D eigenvalue weighted by Gasteiger charge is 2.04. The van der Waals surface area contributed by atoms with Crippen LogP contribution in [0, 0.1) is 0 Å². The average Bonchev–Trinajstić information content (AvgIpc) is 2.54. The van der Waals surface area contributed by atoms with Crippen molar-refractivity contribution in [2.45, 2.75) is 6.92 Å². The predicted molar refractivity (Wildman–Crippen MR) is 96.1 cm³/mol. The lowest BCUT2D eigenvalue weighted by Gasteiger charge is -2.04. The smallest absolute Gasteiger partial charge is 0.308 e. The van der Waals surface area contributed by atoms with Gasteiger partial charge in [-0.3, -0.25) is 4.79 Å². The van der Waals surface area contributed by atoms with Gasteiger partial charge < -0.3 is 4.74 Å². The van der Waals surface area contributed by atoms with Crippen molar-refractivity contribution in [3.8, 4) is 5.75 Å². The second-order valence-corrected chi connectivity index (χ2v) is 5.90. The Morgan fingerprint density at radius 1 is 1.09 bits per heavy atom. The maximum Gasteiger partial charge on any atom is 0.308 e. The van der Waals surface area contributed by atoms with Crippen molar-refractivity contribution < 1.29 is 9.53 Å². The zero-order chi connectivity index (χ0) is 16.2. The maximum atomic E-state index is 11.0. The number of carbonyl (C=O) groups is 1. The molecule has 0 amide bonds. The lowest BCUT2D eigenvalue weighted by Crippen LogP contribution is -2.01. The number of benzene rings is 2. The van der Waals surface area contributed by atoms with Crippen LogP contribution in [0.1, 0.15) is 18.2 Å². The topological polar surface area (TPSA) is 39.2 Å². The highest BCUT2D eigenvalue weighted by molar-refractivity contribution is 9.10. The lowest BCUT2D eigenvalue weighted by atomic mass is 10.1. The predicted octanol–water partition coefficient (Wildman–Crippen LogP) is 5.09. The van der Waals surface area contributed by atoms with Crippen LogP contribution >= 0.6 is 15.9 Å². The van der Waals surface area contributed by atoms with Gasteiger partial charge in [-0.1, -0.05) is 36.4 Å². The second kappa shape index (κ2) is 6.75. The van der Waals surface area contributed by atoms with E-state index >= 15 is 0 Å². The molecule has 1 aromatic heterocycles. The molecule has 3 aromatic rings. The van der Waals surface area contributed by atoms with Crippen molar-refractivity contribution in [2.24, 2.45) is 0 Å². The molecule has 0 bridgehead atoms. The van der Waals surface area contributed by atoms with E-state index in [2.05, 4.69) is 27.0 Å². The first-order chi connectivity index (χ1) is 11.1. The van der Waals surface area contributed by atoms with Gasteiger partial charge in [0.15, 0.2) is 0 Å². The number of para-hydroxylation sites is 1. The zero-order valence-electron chi connectivity index (χ0n) is 12.5. The summed E-state index contributed by atoms with van der Waals surface area (Å²) in [6, 6.07) is 17.6. The van der Waals surface area contributed by atoms with Gasteiger partial charge in [0.2, 0.25) is 0 Å². The van der Waals surface area contributed by atoms with E-state index in [4.69, 9.17) is 4.74 Å². The number of carbonyl (C=O) groups excluding carboxylic acids is 1. The number of halogens is 1. The molecular weight excluding hydrogens is 354 g/mol. The third-order valence-electron chi connectivity index (χ3n) is 3.28. The van der Waals surface area contributed by atoms with Gasteiger partial charge >= 0.3 is 5.97 Å². The third-order valence-corrected chi connectivity index (χ3v) is 3.90. The molecule has 3 nitrogen and oxygen atoms in total. The van der Waals surface area contributed by atoms with Crippen molar-refractivity contribution in [1.29, 1.82) is 0 Å². The first-order valence-corrected chi connectivity index (χ1v) is 7.93. The van der Waals surface area contributed by atoms with Crippen LogP contribution in [-0.4, -0.2) is 11.0 Å². The van der Waals surface area contributed by atoms with Crippen LogP contribution in [0.25, 0.3) is 23.1 Å². The molecule has 0 spiro atoms. The number of rotatable bonds is 3. The summed E-state index contributed by atoms with van der Waals surface area (Å²) in [6.07, 6.45) is 3.93. The number of nitrogens with zero attached hydrogens (tertiary/aromatic N) is 1. The van der Waals surface area contributed by atoms with E-state index in [0.29, 0.717) is 5.75 Å². The summed E-state index contributed by atoms with van der Waals surface area (Å²) in [5.74, 6) is 0.174. The fourth-order valence-electron chi connectivity index (χ4n) is 2.21. The Bertz CT molecular complexity index is 903. The molecule has 0 atom stereocenters. The van der Waals surface area contributed by atoms with Gasteiger partial charge in [-0.15, -0.1) is 0 Å². The summed E-state index contributed by atoms with van der Waals surface area (Å²) < 4.78 is 5.83. The number of ether oxygens (including phenoxy) is 1. The molecule has 2 aromatic carbocycles. The maximum absolute atomic E-state index is 11.0. The fourth-order valence-corrected chi connectivity index (χ4v) is 2.69. The Balaban J connectivity index is 1.83. The van der Waals surface area contributed by atoms with Gasteiger partial charge in [0, 0.05) is 12.3 Å². The van der Waals surface area contributed by atoms with Crippen LogP contribution in [0.15, 0.2) is 59.1 Å². The van der Waals surface area contributed by atoms with Crippen LogP contribution in [0.3, 0.4) is 0 Å². The Kier molecular flexibility index (Phi) is 4.53. The Morgan fingerprint density at radius 2 is 1.91 bits per heavy atom. The molecule has 0 unspecified atom stereocenters. The third kappa shape index (κ3) is 3.85. The standard InChI is InChI=1S/C19H14BrNO2/c1-13(22)23-19-11-7-14(12-17(19)20)6-9-16-10-8-15-4-2-3-5-18(15)21-16/h2-12H,1H3/b9-6+. The Labute approximate surface area is 142 Å². The highest BCUT2D eigenvalue weighted by atomic mass is 79.9. The number of fused-ring (bicyclic) bond motifs is 1. The molecule has 0 N–H and O–H groups in total. The van der Waals surface area contributed by atoms with Crippen LogP contribution in [-0.2, 0) is 4.79 Å². The number of hydrogen-bond donors (Lipinski definition) is 0. The Hall–Kier alpha value is -2.46. The summed E-state index contributed by atoms with van der Waals surface area (Å²) in [5.41, 5.74) is 2.85. The summed E-state index contributed by atoms with van der Waals surface area (Å²) in [5, 5.41) is 1.12. The largest absolute Gasteiger partial charge is 0.426 e. The summed E-state index contributed by atoms with van der Waals surface area (Å²) in [6.45, 7) is 1.38. The minimum absolute atomic E-state index is 0.339. The van der Waals surface area contributed by atoms with Gasteiger partial charge in [0.25, 0.3) is 0 Å². The fraction of sp³-hybridized carbons (Fsp3) is 0.0526. The van der Waals surface area contributed by atoms with Gasteiger partial charge in [0.1, 0.15) is 5.75 Å². The van der Waals surface area contributed by atoms with E-state index in [0.717, 1.165) is 26.6 Å². The van der Waals surface area contributed by atoms with Crippen molar-refractivity contribution in [1.82, 2.24) is 4.98 Å². The normalized spacial score (nSPS) is 11.0. The van der Waals surface area contributed by atoms with Crippen molar-refractivity contribution >= 4 is 45.0 Å². The van der Waals surface area contributed by atoms with Crippen LogP contribution in [0.5, 0.6) is 5.75 Å². The molecule has 114 valence electrons. The molecule has 0 fully saturated rings. The van der Waals surface area contributed by atoms with Gasteiger partial charge in [-0.25, -0.2) is 4.98 Å². The minimum Gasteiger partial charge on any atom is -0.426 e. The van der Waals surface area contributed by atoms with Crippen molar-refractivity contribution in [3.05, 3.63) is 70.3 Å².